The number of halogens is 3. The number of pyridine rings is 1. The molecule has 0 amide bonds. The third-order valence-corrected chi connectivity index (χ3v) is 1.62. The molecule has 78 valence electrons. The van der Waals surface area contributed by atoms with Gasteiger partial charge in [-0.05, 0) is 18.7 Å². The van der Waals surface area contributed by atoms with Crippen molar-refractivity contribution < 1.29 is 13.2 Å². The van der Waals surface area contributed by atoms with E-state index < -0.39 is 12.7 Å². The summed E-state index contributed by atoms with van der Waals surface area (Å²) in [5, 5.41) is 0. The Morgan fingerprint density at radius 1 is 1.43 bits per heavy atom. The van der Waals surface area contributed by atoms with Crippen LogP contribution in [0, 0.1) is 0 Å². The van der Waals surface area contributed by atoms with Crippen molar-refractivity contribution in [3.8, 4) is 0 Å². The van der Waals surface area contributed by atoms with Crippen molar-refractivity contribution in [2.45, 2.75) is 12.7 Å². The van der Waals surface area contributed by atoms with Crippen LogP contribution in [-0.2, 0) is 6.54 Å². The summed E-state index contributed by atoms with van der Waals surface area (Å²) < 4.78 is 35.9. The van der Waals surface area contributed by atoms with Crippen molar-refractivity contribution in [3.05, 3.63) is 30.1 Å². The molecule has 0 spiro atoms. The lowest BCUT2D eigenvalue weighted by Gasteiger charge is -2.18. The second kappa shape index (κ2) is 4.41. The van der Waals surface area contributed by atoms with E-state index in [1.165, 1.54) is 11.9 Å². The largest absolute Gasteiger partial charge is 0.401 e. The zero-order valence-electron chi connectivity index (χ0n) is 7.75. The standard InChI is InChI=1S/C9H11F3N2/c1-14(7-9(10,11)12)6-8-3-2-4-13-5-8/h2-5H,6-7H2,1H3. The third-order valence-electron chi connectivity index (χ3n) is 1.62. The van der Waals surface area contributed by atoms with E-state index in [-0.39, 0.29) is 6.54 Å². The molecule has 1 rings (SSSR count). The minimum absolute atomic E-state index is 0.257. The van der Waals surface area contributed by atoms with Crippen LogP contribution in [0.4, 0.5) is 13.2 Å². The Balaban J connectivity index is 2.46. The zero-order valence-corrected chi connectivity index (χ0v) is 7.75. The molecule has 0 fully saturated rings. The molecule has 2 nitrogen and oxygen atoms in total. The minimum atomic E-state index is -4.14. The quantitative estimate of drug-likeness (QED) is 0.749. The highest BCUT2D eigenvalue weighted by Crippen LogP contribution is 2.16. The molecule has 0 saturated heterocycles. The summed E-state index contributed by atoms with van der Waals surface area (Å²) >= 11 is 0. The van der Waals surface area contributed by atoms with E-state index in [4.69, 9.17) is 0 Å². The monoisotopic (exact) mass is 204 g/mol. The van der Waals surface area contributed by atoms with Crippen molar-refractivity contribution in [2.75, 3.05) is 13.6 Å². The summed E-state index contributed by atoms with van der Waals surface area (Å²) in [6, 6.07) is 3.45. The van der Waals surface area contributed by atoms with Crippen molar-refractivity contribution in [2.24, 2.45) is 0 Å². The molecule has 0 saturated carbocycles. The third kappa shape index (κ3) is 4.23. The van der Waals surface area contributed by atoms with E-state index in [9.17, 15) is 13.2 Å². The fraction of sp³-hybridized carbons (Fsp3) is 0.444. The van der Waals surface area contributed by atoms with E-state index in [0.717, 1.165) is 5.56 Å². The molecular formula is C9H11F3N2. The number of alkyl halides is 3. The van der Waals surface area contributed by atoms with Gasteiger partial charge in [0.1, 0.15) is 0 Å². The molecule has 1 aromatic rings. The van der Waals surface area contributed by atoms with Crippen molar-refractivity contribution in [1.82, 2.24) is 9.88 Å². The molecule has 14 heavy (non-hydrogen) atoms. The van der Waals surface area contributed by atoms with Gasteiger partial charge in [0.2, 0.25) is 0 Å². The first-order valence-corrected chi connectivity index (χ1v) is 4.11. The Labute approximate surface area is 80.4 Å². The van der Waals surface area contributed by atoms with Gasteiger partial charge >= 0.3 is 6.18 Å². The highest BCUT2D eigenvalue weighted by atomic mass is 19.4. The number of aromatic nitrogens is 1. The van der Waals surface area contributed by atoms with Crippen LogP contribution in [-0.4, -0.2) is 29.7 Å². The zero-order chi connectivity index (χ0) is 10.6. The minimum Gasteiger partial charge on any atom is -0.294 e. The van der Waals surface area contributed by atoms with E-state index in [1.54, 1.807) is 24.5 Å². The summed E-state index contributed by atoms with van der Waals surface area (Å²) in [4.78, 5) is 5.03. The maximum absolute atomic E-state index is 12.0. The average molecular weight is 204 g/mol. The first-order valence-electron chi connectivity index (χ1n) is 4.11. The van der Waals surface area contributed by atoms with Crippen LogP contribution in [0.5, 0.6) is 0 Å². The fourth-order valence-corrected chi connectivity index (χ4v) is 1.17. The molecule has 0 aliphatic heterocycles. The number of nitrogens with zero attached hydrogens (tertiary/aromatic N) is 2. The lowest BCUT2D eigenvalue weighted by atomic mass is 10.3. The van der Waals surface area contributed by atoms with Crippen molar-refractivity contribution >= 4 is 0 Å². The molecule has 5 heteroatoms. The molecule has 0 bridgehead atoms. The van der Waals surface area contributed by atoms with Crippen LogP contribution in [0.2, 0.25) is 0 Å². The Hall–Kier alpha value is -1.10. The number of hydrogen-bond donors (Lipinski definition) is 0. The van der Waals surface area contributed by atoms with Gasteiger partial charge in [0.05, 0.1) is 6.54 Å². The molecule has 0 N–H and O–H groups in total. The molecule has 0 atom stereocenters. The second-order valence-electron chi connectivity index (χ2n) is 3.15. The van der Waals surface area contributed by atoms with Gasteiger partial charge in [-0.3, -0.25) is 9.88 Å². The molecular weight excluding hydrogens is 193 g/mol. The van der Waals surface area contributed by atoms with Gasteiger partial charge < -0.3 is 0 Å². The SMILES string of the molecule is CN(Cc1cccnc1)CC(F)(F)F. The normalized spacial score (nSPS) is 12.1. The van der Waals surface area contributed by atoms with Gasteiger partial charge in [0.15, 0.2) is 0 Å². The summed E-state index contributed by atoms with van der Waals surface area (Å²) in [6.07, 6.45) is -0.989. The molecule has 1 heterocycles. The second-order valence-corrected chi connectivity index (χ2v) is 3.15. The molecule has 0 aliphatic carbocycles. The molecule has 0 radical (unpaired) electrons. The summed E-state index contributed by atoms with van der Waals surface area (Å²) in [5.41, 5.74) is 0.777. The van der Waals surface area contributed by atoms with Crippen LogP contribution < -0.4 is 0 Å². The van der Waals surface area contributed by atoms with E-state index in [2.05, 4.69) is 4.98 Å². The Morgan fingerprint density at radius 2 is 2.14 bits per heavy atom. The molecule has 1 aromatic heterocycles. The summed E-state index contributed by atoms with van der Waals surface area (Å²) in [6.45, 7) is -0.644. The molecule has 0 aromatic carbocycles. The fourth-order valence-electron chi connectivity index (χ4n) is 1.17. The smallest absolute Gasteiger partial charge is 0.294 e. The van der Waals surface area contributed by atoms with Crippen molar-refractivity contribution in [1.29, 1.82) is 0 Å². The Morgan fingerprint density at radius 3 is 2.64 bits per heavy atom. The highest BCUT2D eigenvalue weighted by molar-refractivity contribution is 5.07. The molecule has 0 aliphatic rings. The van der Waals surface area contributed by atoms with Crippen LogP contribution in [0.15, 0.2) is 24.5 Å². The summed E-state index contributed by atoms with van der Waals surface area (Å²) in [5.74, 6) is 0. The first kappa shape index (κ1) is 11.0. The van der Waals surface area contributed by atoms with Gasteiger partial charge in [-0.1, -0.05) is 6.07 Å². The van der Waals surface area contributed by atoms with Gasteiger partial charge in [-0.2, -0.15) is 13.2 Å². The highest BCUT2D eigenvalue weighted by Gasteiger charge is 2.28. The van der Waals surface area contributed by atoms with Gasteiger partial charge in [-0.25, -0.2) is 0 Å². The van der Waals surface area contributed by atoms with Crippen LogP contribution >= 0.6 is 0 Å². The van der Waals surface area contributed by atoms with Crippen LogP contribution in [0.1, 0.15) is 5.56 Å². The Bertz CT molecular complexity index is 271. The van der Waals surface area contributed by atoms with E-state index in [0.29, 0.717) is 0 Å². The van der Waals surface area contributed by atoms with Crippen molar-refractivity contribution in [3.63, 3.8) is 0 Å². The van der Waals surface area contributed by atoms with Crippen LogP contribution in [0.3, 0.4) is 0 Å². The Kier molecular flexibility index (Phi) is 3.46. The maximum Gasteiger partial charge on any atom is 0.401 e. The number of hydrogen-bond acceptors (Lipinski definition) is 2. The maximum atomic E-state index is 12.0. The van der Waals surface area contributed by atoms with E-state index in [1.807, 2.05) is 0 Å². The topological polar surface area (TPSA) is 16.1 Å². The van der Waals surface area contributed by atoms with Gasteiger partial charge in [0.25, 0.3) is 0 Å². The lowest BCUT2D eigenvalue weighted by molar-refractivity contribution is -0.144. The predicted molar refractivity (Wildman–Crippen MR) is 46.6 cm³/mol. The van der Waals surface area contributed by atoms with Gasteiger partial charge in [0, 0.05) is 18.9 Å². The number of rotatable bonds is 3. The van der Waals surface area contributed by atoms with Gasteiger partial charge in [-0.15, -0.1) is 0 Å². The average Bonchev–Trinajstić information content (AvgIpc) is 2.02. The lowest BCUT2D eigenvalue weighted by Crippen LogP contribution is -2.30. The van der Waals surface area contributed by atoms with E-state index >= 15 is 0 Å². The first-order chi connectivity index (χ1) is 6.47. The van der Waals surface area contributed by atoms with Crippen LogP contribution in [0.25, 0.3) is 0 Å². The predicted octanol–water partition coefficient (Wildman–Crippen LogP) is 2.08. The molecule has 0 unspecified atom stereocenters. The summed E-state index contributed by atoms with van der Waals surface area (Å²) in [7, 11) is 1.43.